The van der Waals surface area contributed by atoms with E-state index >= 15 is 0 Å². The first-order valence-electron chi connectivity index (χ1n) is 4.34. The molecule has 0 aliphatic rings. The third-order valence-electron chi connectivity index (χ3n) is 1.82. The average Bonchev–Trinajstić information content (AvgIpc) is 2.26. The van der Waals surface area contributed by atoms with Gasteiger partial charge in [0.25, 0.3) is 0 Å². The van der Waals surface area contributed by atoms with Gasteiger partial charge in [-0.1, -0.05) is 34.1 Å². The average molecular weight is 271 g/mol. The molecule has 4 heteroatoms. The smallest absolute Gasteiger partial charge is 0.337 e. The topological polar surface area (TPSA) is 46.5 Å². The van der Waals surface area contributed by atoms with Crippen LogP contribution in [0.2, 0.25) is 0 Å². The molecular weight excluding hydrogens is 260 g/mol. The van der Waals surface area contributed by atoms with E-state index in [1.807, 2.05) is 0 Å². The summed E-state index contributed by atoms with van der Waals surface area (Å²) in [6.07, 6.45) is 3.39. The van der Waals surface area contributed by atoms with E-state index in [-0.39, 0.29) is 12.6 Å². The van der Waals surface area contributed by atoms with Gasteiger partial charge < -0.3 is 9.84 Å². The van der Waals surface area contributed by atoms with Gasteiger partial charge in [-0.05, 0) is 17.7 Å². The monoisotopic (exact) mass is 270 g/mol. The molecule has 80 valence electrons. The minimum Gasteiger partial charge on any atom is -0.465 e. The summed E-state index contributed by atoms with van der Waals surface area (Å²) in [5.41, 5.74) is 1.39. The Hall–Kier alpha value is -1.13. The van der Waals surface area contributed by atoms with Crippen LogP contribution < -0.4 is 0 Å². The Morgan fingerprint density at radius 3 is 2.87 bits per heavy atom. The predicted octanol–water partition coefficient (Wildman–Crippen LogP) is 2.24. The standard InChI is InChI=1S/C11H11BrO3/c1-15-11(14)9-5-4-8(3-2-6-13)10(12)7-9/h2-5,7,13H,6H2,1H3. The summed E-state index contributed by atoms with van der Waals surface area (Å²) in [6.45, 7) is -0.00874. The van der Waals surface area contributed by atoms with Gasteiger partial charge in [0.1, 0.15) is 0 Å². The van der Waals surface area contributed by atoms with Crippen LogP contribution in [0.4, 0.5) is 0 Å². The van der Waals surface area contributed by atoms with E-state index in [4.69, 9.17) is 5.11 Å². The fraction of sp³-hybridized carbons (Fsp3) is 0.182. The number of hydrogen-bond acceptors (Lipinski definition) is 3. The predicted molar refractivity (Wildman–Crippen MR) is 61.6 cm³/mol. The Labute approximate surface area is 96.5 Å². The highest BCUT2D eigenvalue weighted by Crippen LogP contribution is 2.20. The Morgan fingerprint density at radius 1 is 1.60 bits per heavy atom. The lowest BCUT2D eigenvalue weighted by Gasteiger charge is -2.02. The zero-order valence-electron chi connectivity index (χ0n) is 8.24. The van der Waals surface area contributed by atoms with Crippen molar-refractivity contribution in [3.05, 3.63) is 39.9 Å². The third-order valence-corrected chi connectivity index (χ3v) is 2.51. The van der Waals surface area contributed by atoms with Crippen molar-refractivity contribution < 1.29 is 14.6 Å². The van der Waals surface area contributed by atoms with Gasteiger partial charge >= 0.3 is 5.97 Å². The number of methoxy groups -OCH3 is 1. The van der Waals surface area contributed by atoms with Gasteiger partial charge in [0, 0.05) is 4.47 Å². The molecule has 3 nitrogen and oxygen atoms in total. The van der Waals surface area contributed by atoms with Crippen LogP contribution in [-0.4, -0.2) is 24.8 Å². The van der Waals surface area contributed by atoms with Crippen LogP contribution in [0.1, 0.15) is 15.9 Å². The summed E-state index contributed by atoms with van der Waals surface area (Å²) in [5.74, 6) is -0.367. The Kier molecular flexibility index (Phi) is 4.52. The van der Waals surface area contributed by atoms with Crippen molar-refractivity contribution in [2.24, 2.45) is 0 Å². The summed E-state index contributed by atoms with van der Waals surface area (Å²) in [5, 5.41) is 8.62. The molecule has 1 aromatic rings. The van der Waals surface area contributed by atoms with E-state index in [1.165, 1.54) is 7.11 Å². The highest BCUT2D eigenvalue weighted by atomic mass is 79.9. The van der Waals surface area contributed by atoms with Crippen LogP contribution in [0.5, 0.6) is 0 Å². The fourth-order valence-electron chi connectivity index (χ4n) is 1.09. The molecule has 0 atom stereocenters. The van der Waals surface area contributed by atoms with Crippen molar-refractivity contribution in [1.29, 1.82) is 0 Å². The van der Waals surface area contributed by atoms with E-state index in [0.29, 0.717) is 5.56 Å². The molecule has 0 amide bonds. The number of carbonyl (C=O) groups is 1. The first-order valence-corrected chi connectivity index (χ1v) is 5.13. The third kappa shape index (κ3) is 3.18. The second-order valence-electron chi connectivity index (χ2n) is 2.81. The highest BCUT2D eigenvalue weighted by molar-refractivity contribution is 9.10. The van der Waals surface area contributed by atoms with Gasteiger partial charge in [0.2, 0.25) is 0 Å². The maximum Gasteiger partial charge on any atom is 0.337 e. The Bertz CT molecular complexity index is 385. The van der Waals surface area contributed by atoms with Gasteiger partial charge in [-0.25, -0.2) is 4.79 Å². The molecule has 0 aromatic heterocycles. The maximum absolute atomic E-state index is 11.2. The van der Waals surface area contributed by atoms with Gasteiger partial charge in [-0.15, -0.1) is 0 Å². The van der Waals surface area contributed by atoms with Crippen molar-refractivity contribution >= 4 is 28.0 Å². The normalized spacial score (nSPS) is 10.6. The molecule has 1 N–H and O–H groups in total. The second kappa shape index (κ2) is 5.68. The maximum atomic E-state index is 11.2. The molecule has 0 aliphatic carbocycles. The summed E-state index contributed by atoms with van der Waals surface area (Å²) in [7, 11) is 1.34. The summed E-state index contributed by atoms with van der Waals surface area (Å²) >= 11 is 3.33. The number of halogens is 1. The Balaban J connectivity index is 2.98. The minimum atomic E-state index is -0.367. The quantitative estimate of drug-likeness (QED) is 0.857. The molecule has 0 saturated carbocycles. The van der Waals surface area contributed by atoms with E-state index < -0.39 is 0 Å². The summed E-state index contributed by atoms with van der Waals surface area (Å²) < 4.78 is 5.38. The number of rotatable bonds is 3. The van der Waals surface area contributed by atoms with Crippen LogP contribution in [0.15, 0.2) is 28.7 Å². The molecule has 15 heavy (non-hydrogen) atoms. The van der Waals surface area contributed by atoms with E-state index in [9.17, 15) is 4.79 Å². The zero-order chi connectivity index (χ0) is 11.3. The lowest BCUT2D eigenvalue weighted by Crippen LogP contribution is -2.00. The molecule has 0 radical (unpaired) electrons. The van der Waals surface area contributed by atoms with Crippen LogP contribution in [0.3, 0.4) is 0 Å². The van der Waals surface area contributed by atoms with Crippen molar-refractivity contribution in [1.82, 2.24) is 0 Å². The van der Waals surface area contributed by atoms with Crippen molar-refractivity contribution in [3.63, 3.8) is 0 Å². The van der Waals surface area contributed by atoms with E-state index in [1.54, 1.807) is 30.4 Å². The van der Waals surface area contributed by atoms with Gasteiger partial charge in [0.05, 0.1) is 19.3 Å². The summed E-state index contributed by atoms with van der Waals surface area (Å²) in [6, 6.07) is 5.14. The molecule has 0 saturated heterocycles. The van der Waals surface area contributed by atoms with Crippen LogP contribution in [0.25, 0.3) is 6.08 Å². The van der Waals surface area contributed by atoms with E-state index in [0.717, 1.165) is 10.0 Å². The van der Waals surface area contributed by atoms with Crippen LogP contribution >= 0.6 is 15.9 Å². The molecule has 0 unspecified atom stereocenters. The first-order chi connectivity index (χ1) is 7.19. The number of aliphatic hydroxyl groups is 1. The van der Waals surface area contributed by atoms with Crippen molar-refractivity contribution in [2.75, 3.05) is 13.7 Å². The number of benzene rings is 1. The number of esters is 1. The number of carbonyl (C=O) groups excluding carboxylic acids is 1. The second-order valence-corrected chi connectivity index (χ2v) is 3.67. The fourth-order valence-corrected chi connectivity index (χ4v) is 1.60. The molecule has 1 rings (SSSR count). The molecule has 0 aliphatic heterocycles. The van der Waals surface area contributed by atoms with Gasteiger partial charge in [-0.3, -0.25) is 0 Å². The van der Waals surface area contributed by atoms with Gasteiger partial charge in [-0.2, -0.15) is 0 Å². The summed E-state index contributed by atoms with van der Waals surface area (Å²) in [4.78, 5) is 11.2. The molecule has 0 heterocycles. The molecule has 1 aromatic carbocycles. The minimum absolute atomic E-state index is 0.00874. The number of aliphatic hydroxyl groups excluding tert-OH is 1. The largest absolute Gasteiger partial charge is 0.465 e. The molecule has 0 bridgehead atoms. The molecular formula is C11H11BrO3. The van der Waals surface area contributed by atoms with Crippen LogP contribution in [-0.2, 0) is 4.74 Å². The number of hydrogen-bond donors (Lipinski definition) is 1. The lowest BCUT2D eigenvalue weighted by molar-refractivity contribution is 0.0600. The highest BCUT2D eigenvalue weighted by Gasteiger charge is 2.06. The van der Waals surface area contributed by atoms with Crippen molar-refractivity contribution in [2.45, 2.75) is 0 Å². The SMILES string of the molecule is COC(=O)c1ccc(C=CCO)c(Br)c1. The molecule has 0 spiro atoms. The Morgan fingerprint density at radius 2 is 2.33 bits per heavy atom. The lowest BCUT2D eigenvalue weighted by atomic mass is 10.1. The molecule has 0 fully saturated rings. The zero-order valence-corrected chi connectivity index (χ0v) is 9.82. The van der Waals surface area contributed by atoms with Crippen LogP contribution in [0, 0.1) is 0 Å². The first kappa shape index (κ1) is 11.9. The van der Waals surface area contributed by atoms with Gasteiger partial charge in [0.15, 0.2) is 0 Å². The van der Waals surface area contributed by atoms with Crippen molar-refractivity contribution in [3.8, 4) is 0 Å². The number of ether oxygens (including phenoxy) is 1. The van der Waals surface area contributed by atoms with E-state index in [2.05, 4.69) is 20.7 Å².